The van der Waals surface area contributed by atoms with Crippen molar-refractivity contribution in [3.8, 4) is 29.0 Å². The first kappa shape index (κ1) is 29.0. The largest absolute Gasteiger partial charge is 0.309 e. The fourth-order valence-electron chi connectivity index (χ4n) is 7.52. The Morgan fingerprint density at radius 2 is 0.833 bits per heavy atom. The van der Waals surface area contributed by atoms with Crippen LogP contribution >= 0.6 is 0 Å². The minimum absolute atomic E-state index is 0.539. The lowest BCUT2D eigenvalue weighted by Gasteiger charge is -2.37. The molecule has 0 bridgehead atoms. The van der Waals surface area contributed by atoms with Crippen molar-refractivity contribution in [2.24, 2.45) is 0 Å². The number of nitrogens with zero attached hydrogens (tertiary/aromatic N) is 3. The zero-order valence-electron chi connectivity index (χ0n) is 26.1. The topological polar surface area (TPSA) is 52.5 Å². The van der Waals surface area contributed by atoms with Gasteiger partial charge >= 0.3 is 0 Å². The number of fused-ring (bicyclic) bond motifs is 3. The van der Waals surface area contributed by atoms with Crippen LogP contribution in [0.5, 0.6) is 0 Å². The van der Waals surface area contributed by atoms with E-state index in [-0.39, 0.29) is 0 Å². The summed E-state index contributed by atoms with van der Waals surface area (Å²) in [7, 11) is -3.24. The van der Waals surface area contributed by atoms with E-state index in [1.54, 1.807) is 0 Å². The molecule has 224 valence electrons. The SMILES string of the molecule is N#Cc1ccc(C#N)c([Si](c2ccccc2)(c2ccccc2)c2ccccc2)c1-c1ccccc1-n1c2ccccc2c2ccccc21. The predicted molar refractivity (Wildman–Crippen MR) is 199 cm³/mol. The second-order valence-electron chi connectivity index (χ2n) is 11.9. The molecule has 1 aromatic heterocycles. The molecule has 4 heteroatoms. The third kappa shape index (κ3) is 4.40. The molecule has 8 rings (SSSR count). The molecule has 0 aliphatic heterocycles. The Kier molecular flexibility index (Phi) is 7.27. The fraction of sp³-hybridized carbons (Fsp3) is 0. The van der Waals surface area contributed by atoms with Gasteiger partial charge in [-0.05, 0) is 51.1 Å². The lowest BCUT2D eigenvalue weighted by Crippen LogP contribution is -2.75. The Morgan fingerprint density at radius 1 is 0.417 bits per heavy atom. The van der Waals surface area contributed by atoms with Gasteiger partial charge < -0.3 is 4.57 Å². The van der Waals surface area contributed by atoms with Crippen LogP contribution in [-0.2, 0) is 0 Å². The molecular weight excluding hydrogens is 599 g/mol. The van der Waals surface area contributed by atoms with E-state index in [2.05, 4.69) is 156 Å². The van der Waals surface area contributed by atoms with Crippen LogP contribution < -0.4 is 20.7 Å². The van der Waals surface area contributed by atoms with E-state index in [0.717, 1.165) is 59.4 Å². The quantitative estimate of drug-likeness (QED) is 0.141. The molecule has 0 fully saturated rings. The van der Waals surface area contributed by atoms with E-state index in [9.17, 15) is 10.5 Å². The summed E-state index contributed by atoms with van der Waals surface area (Å²) in [5.41, 5.74) is 5.95. The van der Waals surface area contributed by atoms with Crippen LogP contribution in [0.4, 0.5) is 0 Å². The van der Waals surface area contributed by atoms with Gasteiger partial charge in [0.15, 0.2) is 8.07 Å². The van der Waals surface area contributed by atoms with Gasteiger partial charge in [0.25, 0.3) is 0 Å². The van der Waals surface area contributed by atoms with E-state index in [4.69, 9.17) is 0 Å². The van der Waals surface area contributed by atoms with Crippen molar-refractivity contribution in [1.82, 2.24) is 4.57 Å². The number of rotatable bonds is 6. The maximum atomic E-state index is 11.0. The van der Waals surface area contributed by atoms with Crippen molar-refractivity contribution < 1.29 is 0 Å². The molecule has 0 unspecified atom stereocenters. The summed E-state index contributed by atoms with van der Waals surface area (Å²) in [4.78, 5) is 0. The highest BCUT2D eigenvalue weighted by molar-refractivity contribution is 7.20. The molecule has 0 radical (unpaired) electrons. The normalized spacial score (nSPS) is 11.3. The van der Waals surface area contributed by atoms with Crippen molar-refractivity contribution in [3.05, 3.63) is 187 Å². The second kappa shape index (κ2) is 12.0. The van der Waals surface area contributed by atoms with Crippen molar-refractivity contribution in [2.45, 2.75) is 0 Å². The average Bonchev–Trinajstić information content (AvgIpc) is 3.50. The fourth-order valence-corrected chi connectivity index (χ4v) is 12.6. The molecule has 0 spiro atoms. The predicted octanol–water partition coefficient (Wildman–Crippen LogP) is 7.57. The Hall–Kier alpha value is -6.46. The van der Waals surface area contributed by atoms with Gasteiger partial charge in [0.05, 0.1) is 40.0 Å². The Labute approximate surface area is 280 Å². The van der Waals surface area contributed by atoms with Gasteiger partial charge in [-0.25, -0.2) is 0 Å². The number of aromatic nitrogens is 1. The third-order valence-electron chi connectivity index (χ3n) is 9.44. The van der Waals surface area contributed by atoms with Gasteiger partial charge in [0, 0.05) is 21.9 Å². The highest BCUT2D eigenvalue weighted by Gasteiger charge is 2.45. The maximum Gasteiger partial charge on any atom is 0.181 e. The number of nitriles is 2. The number of hydrogen-bond acceptors (Lipinski definition) is 2. The van der Waals surface area contributed by atoms with Crippen LogP contribution in [0.25, 0.3) is 38.6 Å². The summed E-state index contributed by atoms with van der Waals surface area (Å²) in [6, 6.07) is 65.8. The monoisotopic (exact) mass is 627 g/mol. The molecule has 48 heavy (non-hydrogen) atoms. The summed E-state index contributed by atoms with van der Waals surface area (Å²) in [5.74, 6) is 0. The molecule has 8 aromatic rings. The Bertz CT molecular complexity index is 2370. The zero-order chi connectivity index (χ0) is 32.5. The summed E-state index contributed by atoms with van der Waals surface area (Å²) in [6.07, 6.45) is 0. The van der Waals surface area contributed by atoms with E-state index < -0.39 is 8.07 Å². The second-order valence-corrected chi connectivity index (χ2v) is 15.6. The highest BCUT2D eigenvalue weighted by atomic mass is 28.3. The number of para-hydroxylation sites is 3. The van der Waals surface area contributed by atoms with Gasteiger partial charge in [0.1, 0.15) is 0 Å². The van der Waals surface area contributed by atoms with Crippen molar-refractivity contribution in [1.29, 1.82) is 10.5 Å². The third-order valence-corrected chi connectivity index (χ3v) is 14.3. The molecule has 1 heterocycles. The van der Waals surface area contributed by atoms with E-state index in [1.165, 1.54) is 0 Å². The molecule has 0 saturated carbocycles. The van der Waals surface area contributed by atoms with Crippen molar-refractivity contribution >= 4 is 50.6 Å². The minimum Gasteiger partial charge on any atom is -0.309 e. The van der Waals surface area contributed by atoms with E-state index in [0.29, 0.717) is 11.1 Å². The maximum absolute atomic E-state index is 11.0. The van der Waals surface area contributed by atoms with Crippen LogP contribution in [0.15, 0.2) is 176 Å². The number of benzene rings is 7. The summed E-state index contributed by atoms with van der Waals surface area (Å²) >= 11 is 0. The van der Waals surface area contributed by atoms with Gasteiger partial charge in [-0.1, -0.05) is 146 Å². The lowest BCUT2D eigenvalue weighted by atomic mass is 9.96. The highest BCUT2D eigenvalue weighted by Crippen LogP contribution is 2.37. The minimum atomic E-state index is -3.24. The molecule has 0 saturated heterocycles. The van der Waals surface area contributed by atoms with Crippen LogP contribution in [0.3, 0.4) is 0 Å². The average molecular weight is 628 g/mol. The molecule has 0 N–H and O–H groups in total. The van der Waals surface area contributed by atoms with Gasteiger partial charge in [-0.3, -0.25) is 0 Å². The molecule has 0 atom stereocenters. The van der Waals surface area contributed by atoms with Crippen LogP contribution in [0, 0.1) is 22.7 Å². The molecule has 0 aliphatic carbocycles. The van der Waals surface area contributed by atoms with Gasteiger partial charge in [-0.15, -0.1) is 0 Å². The van der Waals surface area contributed by atoms with Crippen LogP contribution in [-0.4, -0.2) is 12.6 Å². The molecule has 0 aliphatic rings. The molecule has 3 nitrogen and oxygen atoms in total. The van der Waals surface area contributed by atoms with Gasteiger partial charge in [-0.2, -0.15) is 10.5 Å². The van der Waals surface area contributed by atoms with E-state index in [1.807, 2.05) is 36.4 Å². The summed E-state index contributed by atoms with van der Waals surface area (Å²) in [5, 5.41) is 28.5. The summed E-state index contributed by atoms with van der Waals surface area (Å²) < 4.78 is 2.31. The first-order valence-electron chi connectivity index (χ1n) is 16.0. The molecule has 7 aromatic carbocycles. The first-order chi connectivity index (χ1) is 23.8. The Morgan fingerprint density at radius 3 is 1.33 bits per heavy atom. The van der Waals surface area contributed by atoms with E-state index >= 15 is 0 Å². The van der Waals surface area contributed by atoms with Crippen LogP contribution in [0.2, 0.25) is 0 Å². The standard InChI is InChI=1S/C44H29N3Si/c45-30-32-28-29-33(31-46)44(48(34-16-4-1-5-17-34,35-18-6-2-7-19-35)36-20-8-3-9-21-36)43(32)39-24-12-15-27-42(39)47-40-25-13-10-22-37(40)38-23-11-14-26-41(38)47/h1-29H. The number of hydrogen-bond donors (Lipinski definition) is 0. The van der Waals surface area contributed by atoms with Crippen molar-refractivity contribution in [2.75, 3.05) is 0 Å². The van der Waals surface area contributed by atoms with Crippen LogP contribution in [0.1, 0.15) is 11.1 Å². The smallest absolute Gasteiger partial charge is 0.181 e. The first-order valence-corrected chi connectivity index (χ1v) is 18.0. The van der Waals surface area contributed by atoms with Gasteiger partial charge in [0.2, 0.25) is 0 Å². The zero-order valence-corrected chi connectivity index (χ0v) is 27.1. The summed E-state index contributed by atoms with van der Waals surface area (Å²) in [6.45, 7) is 0. The van der Waals surface area contributed by atoms with Crippen molar-refractivity contribution in [3.63, 3.8) is 0 Å². The Balaban J connectivity index is 1.59. The molecule has 0 amide bonds. The lowest BCUT2D eigenvalue weighted by molar-refractivity contribution is 1.18. The molecular formula is C44H29N3Si.